The van der Waals surface area contributed by atoms with Gasteiger partial charge in [0.2, 0.25) is 11.9 Å². The summed E-state index contributed by atoms with van der Waals surface area (Å²) < 4.78 is 5.29. The first-order valence-electron chi connectivity index (χ1n) is 14.1. The molecule has 9 heteroatoms. The highest BCUT2D eigenvalue weighted by Gasteiger charge is 2.37. The van der Waals surface area contributed by atoms with Crippen LogP contribution < -0.4 is 10.2 Å². The molecule has 3 atom stereocenters. The Morgan fingerprint density at radius 2 is 1.79 bits per heavy atom. The molecule has 39 heavy (non-hydrogen) atoms. The number of nitrogens with zero attached hydrogens (tertiary/aromatic N) is 5. The van der Waals surface area contributed by atoms with E-state index in [0.717, 1.165) is 37.7 Å². The average Bonchev–Trinajstić information content (AvgIpc) is 3.69. The van der Waals surface area contributed by atoms with Gasteiger partial charge in [-0.15, -0.1) is 0 Å². The van der Waals surface area contributed by atoms with Crippen molar-refractivity contribution in [1.29, 1.82) is 0 Å². The molecular weight excluding hydrogens is 492 g/mol. The van der Waals surface area contributed by atoms with Crippen LogP contribution in [0.1, 0.15) is 63.2 Å². The highest BCUT2D eigenvalue weighted by molar-refractivity contribution is 5.89. The molecule has 2 aliphatic heterocycles. The molecule has 1 N–H and O–H groups in total. The summed E-state index contributed by atoms with van der Waals surface area (Å²) in [5, 5.41) is 3.40. The molecule has 1 saturated carbocycles. The van der Waals surface area contributed by atoms with Crippen molar-refractivity contribution in [1.82, 2.24) is 19.8 Å². The van der Waals surface area contributed by atoms with Crippen LogP contribution in [0.2, 0.25) is 0 Å². The van der Waals surface area contributed by atoms with E-state index < -0.39 is 0 Å². The first-order chi connectivity index (χ1) is 18.8. The molecule has 208 valence electrons. The predicted molar refractivity (Wildman–Crippen MR) is 151 cm³/mol. The number of cyclic esters (lactones) is 1. The van der Waals surface area contributed by atoms with Crippen LogP contribution in [-0.4, -0.2) is 70.6 Å². The topological polar surface area (TPSA) is 90.9 Å². The first-order valence-corrected chi connectivity index (χ1v) is 14.1. The summed E-state index contributed by atoms with van der Waals surface area (Å²) in [5.41, 5.74) is 2.46. The molecule has 1 aromatic carbocycles. The summed E-state index contributed by atoms with van der Waals surface area (Å²) in [7, 11) is 0. The molecule has 3 fully saturated rings. The van der Waals surface area contributed by atoms with Crippen molar-refractivity contribution in [2.75, 3.05) is 43.0 Å². The van der Waals surface area contributed by atoms with E-state index in [1.807, 2.05) is 4.90 Å². The Kier molecular flexibility index (Phi) is 8.16. The monoisotopic (exact) mass is 532 g/mol. The molecule has 3 heterocycles. The number of carbonyl (C=O) groups excluding carboxylic acids is 2. The normalized spacial score (nSPS) is 21.5. The minimum Gasteiger partial charge on any atom is -0.447 e. The lowest BCUT2D eigenvalue weighted by molar-refractivity contribution is -0.128. The van der Waals surface area contributed by atoms with Crippen LogP contribution in [0.15, 0.2) is 49.2 Å². The molecule has 9 nitrogen and oxygen atoms in total. The molecule has 1 aromatic heterocycles. The highest BCUT2D eigenvalue weighted by atomic mass is 16.6. The number of rotatable bonds is 10. The summed E-state index contributed by atoms with van der Waals surface area (Å²) in [5.74, 6) is 2.10. The van der Waals surface area contributed by atoms with E-state index in [1.54, 1.807) is 17.2 Å². The standard InChI is InChI=1S/C30H40N6O3/c1-5-28(37)35-16-14-34(15-17-35)25(18-22-6-7-22)24-10-8-23(9-11-24)21(4)32-29-31-13-12-27(33-29)36-26(20(2)3)19-39-30(36)38/h5,8-13,20-22,25-26H,1,6-7,14-19H2,2-4H3,(H,31,32,33)/t21?,25?,26-/m1/s1. The molecule has 5 rings (SSSR count). The zero-order valence-corrected chi connectivity index (χ0v) is 23.3. The number of hydrogen-bond donors (Lipinski definition) is 1. The van der Waals surface area contributed by atoms with Gasteiger partial charge in [0.25, 0.3) is 0 Å². The van der Waals surface area contributed by atoms with Gasteiger partial charge >= 0.3 is 6.09 Å². The van der Waals surface area contributed by atoms with Crippen molar-refractivity contribution in [2.45, 2.75) is 58.2 Å². The van der Waals surface area contributed by atoms with Gasteiger partial charge < -0.3 is 15.0 Å². The van der Waals surface area contributed by atoms with Crippen LogP contribution in [0.25, 0.3) is 0 Å². The third kappa shape index (κ3) is 6.24. The van der Waals surface area contributed by atoms with E-state index in [-0.39, 0.29) is 30.0 Å². The smallest absolute Gasteiger partial charge is 0.415 e. The third-order valence-electron chi connectivity index (χ3n) is 8.22. The fourth-order valence-electron chi connectivity index (χ4n) is 5.58. The first kappa shape index (κ1) is 27.1. The summed E-state index contributed by atoms with van der Waals surface area (Å²) in [6, 6.07) is 10.9. The second kappa shape index (κ2) is 11.7. The van der Waals surface area contributed by atoms with E-state index >= 15 is 0 Å². The van der Waals surface area contributed by atoms with Crippen LogP contribution in [0, 0.1) is 11.8 Å². The van der Waals surface area contributed by atoms with E-state index in [9.17, 15) is 9.59 Å². The van der Waals surface area contributed by atoms with Gasteiger partial charge in [-0.1, -0.05) is 57.5 Å². The molecule has 0 bridgehead atoms. The number of ether oxygens (including phenoxy) is 1. The Labute approximate surface area is 231 Å². The van der Waals surface area contributed by atoms with Gasteiger partial charge in [0.15, 0.2) is 0 Å². The van der Waals surface area contributed by atoms with E-state index in [1.165, 1.54) is 30.9 Å². The van der Waals surface area contributed by atoms with Gasteiger partial charge in [0.1, 0.15) is 12.4 Å². The number of carbonyl (C=O) groups is 2. The number of benzene rings is 1. The maximum Gasteiger partial charge on any atom is 0.415 e. The minimum atomic E-state index is -0.364. The van der Waals surface area contributed by atoms with E-state index in [2.05, 4.69) is 71.8 Å². The summed E-state index contributed by atoms with van der Waals surface area (Å²) in [6.45, 7) is 13.5. The van der Waals surface area contributed by atoms with Gasteiger partial charge in [-0.05, 0) is 48.4 Å². The third-order valence-corrected chi connectivity index (χ3v) is 8.22. The van der Waals surface area contributed by atoms with Crippen molar-refractivity contribution >= 4 is 23.8 Å². The van der Waals surface area contributed by atoms with E-state index in [0.29, 0.717) is 24.4 Å². The maximum atomic E-state index is 12.4. The van der Waals surface area contributed by atoms with Crippen molar-refractivity contribution in [2.24, 2.45) is 11.8 Å². The lowest BCUT2D eigenvalue weighted by atomic mass is 9.96. The summed E-state index contributed by atoms with van der Waals surface area (Å²) in [4.78, 5) is 39.5. The molecule has 2 unspecified atom stereocenters. The van der Waals surface area contributed by atoms with Crippen LogP contribution >= 0.6 is 0 Å². The fraction of sp³-hybridized carbons (Fsp3) is 0.533. The molecule has 2 amide bonds. The highest BCUT2D eigenvalue weighted by Crippen LogP contribution is 2.40. The number of aromatic nitrogens is 2. The minimum absolute atomic E-state index is 0.0175. The Balaban J connectivity index is 1.25. The van der Waals surface area contributed by atoms with E-state index in [4.69, 9.17) is 4.74 Å². The maximum absolute atomic E-state index is 12.4. The number of hydrogen-bond acceptors (Lipinski definition) is 7. The van der Waals surface area contributed by atoms with Gasteiger partial charge in [-0.25, -0.2) is 9.78 Å². The number of amides is 2. The number of piperazine rings is 1. The second-order valence-corrected chi connectivity index (χ2v) is 11.3. The Morgan fingerprint density at radius 3 is 2.44 bits per heavy atom. The number of nitrogens with one attached hydrogen (secondary N) is 1. The van der Waals surface area contributed by atoms with Crippen LogP contribution in [-0.2, 0) is 9.53 Å². The Morgan fingerprint density at radius 1 is 1.10 bits per heavy atom. The molecule has 1 aliphatic carbocycles. The molecule has 2 aromatic rings. The fourth-order valence-corrected chi connectivity index (χ4v) is 5.58. The van der Waals surface area contributed by atoms with Crippen LogP contribution in [0.3, 0.4) is 0 Å². The Bertz CT molecular complexity index is 1170. The largest absolute Gasteiger partial charge is 0.447 e. The summed E-state index contributed by atoms with van der Waals surface area (Å²) >= 11 is 0. The molecular formula is C30H40N6O3. The van der Waals surface area contributed by atoms with Crippen LogP contribution in [0.4, 0.5) is 16.6 Å². The van der Waals surface area contributed by atoms with Crippen molar-refractivity contribution in [3.63, 3.8) is 0 Å². The average molecular weight is 533 g/mol. The van der Waals surface area contributed by atoms with Crippen LogP contribution in [0.5, 0.6) is 0 Å². The van der Waals surface area contributed by atoms with Crippen molar-refractivity contribution in [3.05, 3.63) is 60.3 Å². The molecule has 0 spiro atoms. The molecule has 0 radical (unpaired) electrons. The van der Waals surface area contributed by atoms with Gasteiger partial charge in [0, 0.05) is 38.4 Å². The lowest BCUT2D eigenvalue weighted by Crippen LogP contribution is -2.49. The Hall–Kier alpha value is -3.46. The predicted octanol–water partition coefficient (Wildman–Crippen LogP) is 4.80. The molecule has 3 aliphatic rings. The second-order valence-electron chi connectivity index (χ2n) is 11.3. The summed E-state index contributed by atoms with van der Waals surface area (Å²) in [6.07, 6.45) is 6.52. The van der Waals surface area contributed by atoms with Gasteiger partial charge in [-0.3, -0.25) is 14.6 Å². The lowest BCUT2D eigenvalue weighted by Gasteiger charge is -2.39. The van der Waals surface area contributed by atoms with Crippen molar-refractivity contribution < 1.29 is 14.3 Å². The SMILES string of the molecule is C=CC(=O)N1CCN(C(CC2CC2)c2ccc(C(C)Nc3nccc(N4C(=O)OC[C@@H]4C(C)C)n3)cc2)CC1. The quantitative estimate of drug-likeness (QED) is 0.440. The number of anilines is 2. The van der Waals surface area contributed by atoms with Gasteiger partial charge in [0.05, 0.1) is 12.1 Å². The zero-order valence-electron chi connectivity index (χ0n) is 23.3. The van der Waals surface area contributed by atoms with Crippen molar-refractivity contribution in [3.8, 4) is 0 Å². The van der Waals surface area contributed by atoms with Gasteiger partial charge in [-0.2, -0.15) is 4.98 Å². The molecule has 2 saturated heterocycles. The zero-order chi connectivity index (χ0) is 27.5.